The molecule has 1 saturated heterocycles. The Kier molecular flexibility index (Phi) is 5.86. The summed E-state index contributed by atoms with van der Waals surface area (Å²) in [6, 6.07) is 6.32. The number of benzene rings is 1. The Morgan fingerprint density at radius 2 is 1.76 bits per heavy atom. The number of quaternary nitrogens is 1. The van der Waals surface area contributed by atoms with E-state index in [4.69, 9.17) is 0 Å². The van der Waals surface area contributed by atoms with Crippen LogP contribution in [0.2, 0.25) is 0 Å². The number of anilines is 1. The van der Waals surface area contributed by atoms with Crippen molar-refractivity contribution in [1.29, 1.82) is 0 Å². The molecule has 2 aliphatic rings. The van der Waals surface area contributed by atoms with Gasteiger partial charge in [0.1, 0.15) is 5.82 Å². The number of piperazine rings is 1. The molecule has 0 spiro atoms. The summed E-state index contributed by atoms with van der Waals surface area (Å²) in [4.78, 5) is 27.2. The Morgan fingerprint density at radius 1 is 1.12 bits per heavy atom. The molecular weight excluding hydrogens is 323 g/mol. The second-order valence-corrected chi connectivity index (χ2v) is 6.89. The fraction of sp³-hybridized carbons (Fsp3) is 0.556. The van der Waals surface area contributed by atoms with E-state index in [9.17, 15) is 14.0 Å². The first kappa shape index (κ1) is 17.7. The van der Waals surface area contributed by atoms with E-state index in [0.29, 0.717) is 6.54 Å². The quantitative estimate of drug-likeness (QED) is 0.733. The maximum atomic E-state index is 13.0. The third-order valence-corrected chi connectivity index (χ3v) is 5.02. The van der Waals surface area contributed by atoms with Crippen LogP contribution in [-0.2, 0) is 4.79 Å². The summed E-state index contributed by atoms with van der Waals surface area (Å²) in [5, 5.41) is 5.30. The van der Waals surface area contributed by atoms with Gasteiger partial charge in [-0.05, 0) is 37.1 Å². The maximum absolute atomic E-state index is 13.0. The van der Waals surface area contributed by atoms with E-state index in [-0.39, 0.29) is 23.8 Å². The molecule has 136 valence electrons. The molecule has 2 fully saturated rings. The number of nitrogens with one attached hydrogen (secondary N) is 3. The molecule has 1 aliphatic carbocycles. The van der Waals surface area contributed by atoms with Gasteiger partial charge in [0.2, 0.25) is 0 Å². The zero-order chi connectivity index (χ0) is 17.6. The molecule has 6 nitrogen and oxygen atoms in total. The van der Waals surface area contributed by atoms with Gasteiger partial charge in [-0.25, -0.2) is 9.18 Å². The van der Waals surface area contributed by atoms with E-state index >= 15 is 0 Å². The van der Waals surface area contributed by atoms with Gasteiger partial charge in [0.25, 0.3) is 5.91 Å². The molecule has 0 radical (unpaired) electrons. The average molecular weight is 349 g/mol. The smallest absolute Gasteiger partial charge is 0.321 e. The van der Waals surface area contributed by atoms with E-state index in [1.165, 1.54) is 12.1 Å². The normalized spacial score (nSPS) is 19.0. The van der Waals surface area contributed by atoms with E-state index in [2.05, 4.69) is 15.5 Å². The Morgan fingerprint density at radius 3 is 2.40 bits per heavy atom. The number of carbonyl (C=O) groups is 2. The minimum absolute atomic E-state index is 0.208. The van der Waals surface area contributed by atoms with Crippen LogP contribution in [0.3, 0.4) is 0 Å². The zero-order valence-electron chi connectivity index (χ0n) is 14.4. The molecule has 1 aliphatic heterocycles. The van der Waals surface area contributed by atoms with Crippen molar-refractivity contribution >= 4 is 17.6 Å². The minimum Gasteiger partial charge on any atom is -0.360 e. The highest BCUT2D eigenvalue weighted by Crippen LogP contribution is 2.17. The first-order valence-electron chi connectivity index (χ1n) is 9.04. The fourth-order valence-electron chi connectivity index (χ4n) is 3.60. The van der Waals surface area contributed by atoms with E-state index in [1.807, 2.05) is 0 Å². The summed E-state index contributed by atoms with van der Waals surface area (Å²) in [5.41, 5.74) is 1.00. The molecule has 1 aromatic rings. The molecule has 3 rings (SSSR count). The average Bonchev–Trinajstić information content (AvgIpc) is 3.09. The second-order valence-electron chi connectivity index (χ2n) is 6.89. The van der Waals surface area contributed by atoms with Gasteiger partial charge < -0.3 is 15.1 Å². The Hall–Kier alpha value is -2.15. The summed E-state index contributed by atoms with van der Waals surface area (Å²) in [6.07, 6.45) is 4.28. The predicted octanol–water partition coefficient (Wildman–Crippen LogP) is 0.299. The second kappa shape index (κ2) is 8.29. The SMILES string of the molecule is O=C(C[NH+]1CCN(c2ccc(F)cc2)CC1)NC(=O)NC1CCCC1. The number of amides is 3. The van der Waals surface area contributed by atoms with Gasteiger partial charge >= 0.3 is 6.03 Å². The number of hydrogen-bond acceptors (Lipinski definition) is 3. The van der Waals surface area contributed by atoms with Crippen molar-refractivity contribution in [2.75, 3.05) is 37.6 Å². The Bertz CT molecular complexity index is 594. The number of imide groups is 1. The van der Waals surface area contributed by atoms with Crippen molar-refractivity contribution < 1.29 is 18.9 Å². The van der Waals surface area contributed by atoms with Crippen molar-refractivity contribution in [3.63, 3.8) is 0 Å². The molecule has 3 amide bonds. The van der Waals surface area contributed by atoms with Crippen LogP contribution < -0.4 is 20.4 Å². The summed E-state index contributed by atoms with van der Waals surface area (Å²) in [5.74, 6) is -0.471. The maximum Gasteiger partial charge on any atom is 0.321 e. The van der Waals surface area contributed by atoms with Crippen LogP contribution in [0.25, 0.3) is 0 Å². The van der Waals surface area contributed by atoms with Crippen LogP contribution in [-0.4, -0.2) is 50.7 Å². The third kappa shape index (κ3) is 5.16. The van der Waals surface area contributed by atoms with Crippen LogP contribution in [0.15, 0.2) is 24.3 Å². The van der Waals surface area contributed by atoms with E-state index in [0.717, 1.165) is 62.4 Å². The van der Waals surface area contributed by atoms with Crippen molar-refractivity contribution in [2.24, 2.45) is 0 Å². The number of halogens is 1. The lowest BCUT2D eigenvalue weighted by Gasteiger charge is -2.33. The standard InChI is InChI=1S/C18H25FN4O2/c19-14-5-7-16(8-6-14)23-11-9-22(10-12-23)13-17(24)21-18(25)20-15-3-1-2-4-15/h5-8,15H,1-4,9-13H2,(H2,20,21,24,25)/p+1. The molecule has 1 saturated carbocycles. The van der Waals surface area contributed by atoms with Crippen molar-refractivity contribution in [2.45, 2.75) is 31.7 Å². The summed E-state index contributed by atoms with van der Waals surface area (Å²) in [7, 11) is 0. The van der Waals surface area contributed by atoms with E-state index < -0.39 is 0 Å². The van der Waals surface area contributed by atoms with Crippen LogP contribution in [0, 0.1) is 5.82 Å². The number of nitrogens with zero attached hydrogens (tertiary/aromatic N) is 1. The molecule has 0 aromatic heterocycles. The van der Waals surface area contributed by atoms with Crippen LogP contribution >= 0.6 is 0 Å². The van der Waals surface area contributed by atoms with Crippen LogP contribution in [0.4, 0.5) is 14.9 Å². The lowest BCUT2D eigenvalue weighted by atomic mass is 10.2. The van der Waals surface area contributed by atoms with Gasteiger partial charge in [-0.3, -0.25) is 10.1 Å². The van der Waals surface area contributed by atoms with Gasteiger partial charge in [-0.15, -0.1) is 0 Å². The van der Waals surface area contributed by atoms with Crippen molar-refractivity contribution in [1.82, 2.24) is 10.6 Å². The lowest BCUT2D eigenvalue weighted by Crippen LogP contribution is -3.16. The van der Waals surface area contributed by atoms with Crippen LogP contribution in [0.1, 0.15) is 25.7 Å². The minimum atomic E-state index is -0.374. The lowest BCUT2D eigenvalue weighted by molar-refractivity contribution is -0.892. The van der Waals surface area contributed by atoms with Gasteiger partial charge in [0.05, 0.1) is 26.2 Å². The number of rotatable bonds is 4. The Balaban J connectivity index is 1.38. The zero-order valence-corrected chi connectivity index (χ0v) is 14.4. The first-order chi connectivity index (χ1) is 12.1. The molecular formula is C18H26FN4O2+. The topological polar surface area (TPSA) is 65.9 Å². The molecule has 1 aromatic carbocycles. The highest BCUT2D eigenvalue weighted by molar-refractivity contribution is 5.94. The largest absolute Gasteiger partial charge is 0.360 e. The number of carbonyl (C=O) groups excluding carboxylic acids is 2. The highest BCUT2D eigenvalue weighted by atomic mass is 19.1. The monoisotopic (exact) mass is 349 g/mol. The van der Waals surface area contributed by atoms with Crippen molar-refractivity contribution in [3.05, 3.63) is 30.1 Å². The number of hydrogen-bond donors (Lipinski definition) is 3. The van der Waals surface area contributed by atoms with Crippen molar-refractivity contribution in [3.8, 4) is 0 Å². The van der Waals surface area contributed by atoms with E-state index in [1.54, 1.807) is 12.1 Å². The highest BCUT2D eigenvalue weighted by Gasteiger charge is 2.24. The van der Waals surface area contributed by atoms with Gasteiger partial charge in [0.15, 0.2) is 6.54 Å². The molecule has 25 heavy (non-hydrogen) atoms. The fourth-order valence-corrected chi connectivity index (χ4v) is 3.60. The molecule has 0 bridgehead atoms. The molecule has 0 unspecified atom stereocenters. The Labute approximate surface area is 147 Å². The van der Waals surface area contributed by atoms with Gasteiger partial charge in [-0.2, -0.15) is 0 Å². The molecule has 7 heteroatoms. The summed E-state index contributed by atoms with van der Waals surface area (Å²) in [6.45, 7) is 3.55. The van der Waals surface area contributed by atoms with Gasteiger partial charge in [-0.1, -0.05) is 12.8 Å². The molecule has 1 heterocycles. The summed E-state index contributed by atoms with van der Waals surface area (Å²) >= 11 is 0. The third-order valence-electron chi connectivity index (χ3n) is 5.02. The summed E-state index contributed by atoms with van der Waals surface area (Å²) < 4.78 is 13.0. The first-order valence-corrected chi connectivity index (χ1v) is 9.04. The molecule has 0 atom stereocenters. The van der Waals surface area contributed by atoms with Gasteiger partial charge in [0, 0.05) is 11.7 Å². The van der Waals surface area contributed by atoms with Crippen LogP contribution in [0.5, 0.6) is 0 Å². The number of urea groups is 1. The predicted molar refractivity (Wildman–Crippen MR) is 93.1 cm³/mol. The molecule has 3 N–H and O–H groups in total.